The van der Waals surface area contributed by atoms with Crippen LogP contribution in [0.5, 0.6) is 0 Å². The molecular formula is C16H12N2O. The molecule has 92 valence electrons. The van der Waals surface area contributed by atoms with Crippen molar-refractivity contribution >= 4 is 6.29 Å². The Morgan fingerprint density at radius 1 is 0.947 bits per heavy atom. The molecule has 0 bridgehead atoms. The Hall–Kier alpha value is -2.68. The first-order valence-corrected chi connectivity index (χ1v) is 6.03. The summed E-state index contributed by atoms with van der Waals surface area (Å²) in [4.78, 5) is 10.9. The molecule has 0 N–H and O–H groups in total. The third-order valence-electron chi connectivity index (χ3n) is 2.96. The zero-order valence-electron chi connectivity index (χ0n) is 10.2. The minimum Gasteiger partial charge on any atom is -0.298 e. The number of nitrogens with zero attached hydrogens (tertiary/aromatic N) is 2. The lowest BCUT2D eigenvalue weighted by Gasteiger charge is -2.07. The maximum absolute atomic E-state index is 10.9. The van der Waals surface area contributed by atoms with Gasteiger partial charge < -0.3 is 0 Å². The second-order valence-electron chi connectivity index (χ2n) is 4.21. The van der Waals surface area contributed by atoms with Gasteiger partial charge in [-0.2, -0.15) is 5.10 Å². The fourth-order valence-corrected chi connectivity index (χ4v) is 2.07. The number of rotatable bonds is 3. The van der Waals surface area contributed by atoms with Crippen molar-refractivity contribution in [3.05, 3.63) is 72.4 Å². The van der Waals surface area contributed by atoms with E-state index in [4.69, 9.17) is 0 Å². The van der Waals surface area contributed by atoms with E-state index in [0.29, 0.717) is 5.56 Å². The highest BCUT2D eigenvalue weighted by Crippen LogP contribution is 2.22. The fourth-order valence-electron chi connectivity index (χ4n) is 2.07. The summed E-state index contributed by atoms with van der Waals surface area (Å²) in [7, 11) is 0. The summed E-state index contributed by atoms with van der Waals surface area (Å²) in [5.74, 6) is 0. The van der Waals surface area contributed by atoms with Crippen LogP contribution in [0.2, 0.25) is 0 Å². The van der Waals surface area contributed by atoms with Crippen LogP contribution in [0.15, 0.2) is 66.9 Å². The number of para-hydroxylation sites is 1. The minimum absolute atomic E-state index is 0.665. The molecule has 0 saturated heterocycles. The molecule has 0 unspecified atom stereocenters. The summed E-state index contributed by atoms with van der Waals surface area (Å²) in [6.45, 7) is 0. The number of aromatic nitrogens is 2. The summed E-state index contributed by atoms with van der Waals surface area (Å²) in [6.07, 6.45) is 2.61. The van der Waals surface area contributed by atoms with Crippen LogP contribution in [0.4, 0.5) is 0 Å². The normalized spacial score (nSPS) is 10.3. The fraction of sp³-hybridized carbons (Fsp3) is 0. The molecule has 3 nitrogen and oxygen atoms in total. The van der Waals surface area contributed by atoms with Crippen LogP contribution in [0.3, 0.4) is 0 Å². The Morgan fingerprint density at radius 2 is 1.79 bits per heavy atom. The number of hydrogen-bond acceptors (Lipinski definition) is 2. The van der Waals surface area contributed by atoms with Gasteiger partial charge in [-0.15, -0.1) is 0 Å². The van der Waals surface area contributed by atoms with Gasteiger partial charge in [0.25, 0.3) is 0 Å². The highest BCUT2D eigenvalue weighted by Gasteiger charge is 2.07. The summed E-state index contributed by atoms with van der Waals surface area (Å²) in [6, 6.07) is 19.4. The number of carbonyl (C=O) groups excluding carboxylic acids is 1. The molecular weight excluding hydrogens is 236 g/mol. The summed E-state index contributed by atoms with van der Waals surface area (Å²) in [5.41, 5.74) is 3.61. The second kappa shape index (κ2) is 4.90. The molecule has 2 aromatic carbocycles. The monoisotopic (exact) mass is 248 g/mol. The van der Waals surface area contributed by atoms with Crippen molar-refractivity contribution in [2.75, 3.05) is 0 Å². The van der Waals surface area contributed by atoms with E-state index in [0.717, 1.165) is 23.2 Å². The second-order valence-corrected chi connectivity index (χ2v) is 4.21. The number of carbonyl (C=O) groups is 1. The number of benzene rings is 2. The average molecular weight is 248 g/mol. The summed E-state index contributed by atoms with van der Waals surface area (Å²) < 4.78 is 1.86. The van der Waals surface area contributed by atoms with Crippen LogP contribution in [-0.2, 0) is 0 Å². The maximum atomic E-state index is 10.9. The Morgan fingerprint density at radius 3 is 2.58 bits per heavy atom. The summed E-state index contributed by atoms with van der Waals surface area (Å²) >= 11 is 0. The van der Waals surface area contributed by atoms with Crippen LogP contribution >= 0.6 is 0 Å². The molecule has 0 aliphatic rings. The average Bonchev–Trinajstić information content (AvgIpc) is 2.98. The Labute approximate surface area is 111 Å². The molecule has 0 amide bonds. The molecule has 3 aromatic rings. The largest absolute Gasteiger partial charge is 0.298 e. The van der Waals surface area contributed by atoms with Crippen LogP contribution in [0.1, 0.15) is 10.4 Å². The van der Waals surface area contributed by atoms with E-state index in [-0.39, 0.29) is 0 Å². The first-order valence-electron chi connectivity index (χ1n) is 6.03. The van der Waals surface area contributed by atoms with E-state index in [1.807, 2.05) is 59.3 Å². The molecule has 19 heavy (non-hydrogen) atoms. The Balaban J connectivity index is 2.12. The van der Waals surface area contributed by atoms with E-state index < -0.39 is 0 Å². The molecule has 3 heteroatoms. The van der Waals surface area contributed by atoms with Gasteiger partial charge in [0.05, 0.1) is 17.6 Å². The van der Waals surface area contributed by atoms with Gasteiger partial charge in [0, 0.05) is 11.1 Å². The molecule has 0 atom stereocenters. The first kappa shape index (κ1) is 11.4. The molecule has 0 radical (unpaired) electrons. The van der Waals surface area contributed by atoms with E-state index in [1.165, 1.54) is 0 Å². The third-order valence-corrected chi connectivity index (χ3v) is 2.96. The van der Waals surface area contributed by atoms with Crippen LogP contribution in [0.25, 0.3) is 16.9 Å². The van der Waals surface area contributed by atoms with Gasteiger partial charge in [0.15, 0.2) is 0 Å². The molecule has 0 spiro atoms. The minimum atomic E-state index is 0.665. The van der Waals surface area contributed by atoms with Gasteiger partial charge in [-0.05, 0) is 24.3 Å². The lowest BCUT2D eigenvalue weighted by Crippen LogP contribution is -1.98. The van der Waals surface area contributed by atoms with Crippen LogP contribution < -0.4 is 0 Å². The van der Waals surface area contributed by atoms with Crippen molar-refractivity contribution < 1.29 is 4.79 Å². The topological polar surface area (TPSA) is 34.9 Å². The van der Waals surface area contributed by atoms with Gasteiger partial charge in [-0.3, -0.25) is 4.79 Å². The van der Waals surface area contributed by atoms with Crippen LogP contribution in [0, 0.1) is 0 Å². The van der Waals surface area contributed by atoms with E-state index in [2.05, 4.69) is 5.10 Å². The van der Waals surface area contributed by atoms with Gasteiger partial charge >= 0.3 is 0 Å². The molecule has 0 saturated carbocycles. The molecule has 0 fully saturated rings. The number of hydrogen-bond donors (Lipinski definition) is 0. The van der Waals surface area contributed by atoms with Crippen LogP contribution in [-0.4, -0.2) is 16.1 Å². The zero-order valence-corrected chi connectivity index (χ0v) is 10.2. The SMILES string of the molecule is O=Cc1cccc(-c2ccnn2-c2ccccc2)c1. The molecule has 0 aliphatic heterocycles. The van der Waals surface area contributed by atoms with E-state index >= 15 is 0 Å². The number of aldehydes is 1. The van der Waals surface area contributed by atoms with Crippen molar-refractivity contribution in [1.29, 1.82) is 0 Å². The summed E-state index contributed by atoms with van der Waals surface area (Å²) in [5, 5.41) is 4.35. The lowest BCUT2D eigenvalue weighted by atomic mass is 10.1. The smallest absolute Gasteiger partial charge is 0.150 e. The van der Waals surface area contributed by atoms with Gasteiger partial charge in [0.1, 0.15) is 6.29 Å². The van der Waals surface area contributed by atoms with E-state index in [9.17, 15) is 4.79 Å². The Kier molecular flexibility index (Phi) is 2.94. The Bertz CT molecular complexity index is 702. The maximum Gasteiger partial charge on any atom is 0.150 e. The van der Waals surface area contributed by atoms with Gasteiger partial charge in [-0.25, -0.2) is 4.68 Å². The molecule has 1 heterocycles. The predicted octanol–water partition coefficient (Wildman–Crippen LogP) is 3.35. The van der Waals surface area contributed by atoms with Crippen molar-refractivity contribution in [2.45, 2.75) is 0 Å². The molecule has 1 aromatic heterocycles. The first-order chi connectivity index (χ1) is 9.38. The van der Waals surface area contributed by atoms with Crippen molar-refractivity contribution in [2.24, 2.45) is 0 Å². The van der Waals surface area contributed by atoms with E-state index in [1.54, 1.807) is 12.3 Å². The quantitative estimate of drug-likeness (QED) is 0.666. The third kappa shape index (κ3) is 2.18. The van der Waals surface area contributed by atoms with Gasteiger partial charge in [0.2, 0.25) is 0 Å². The highest BCUT2D eigenvalue weighted by molar-refractivity contribution is 5.78. The molecule has 3 rings (SSSR count). The predicted molar refractivity (Wildman–Crippen MR) is 74.4 cm³/mol. The van der Waals surface area contributed by atoms with Crippen molar-refractivity contribution in [1.82, 2.24) is 9.78 Å². The standard InChI is InChI=1S/C16H12N2O/c19-12-13-5-4-6-14(11-13)16-9-10-17-18(16)15-7-2-1-3-8-15/h1-12H. The van der Waals surface area contributed by atoms with Gasteiger partial charge in [-0.1, -0.05) is 36.4 Å². The van der Waals surface area contributed by atoms with Crippen molar-refractivity contribution in [3.63, 3.8) is 0 Å². The van der Waals surface area contributed by atoms with Crippen molar-refractivity contribution in [3.8, 4) is 16.9 Å². The molecule has 0 aliphatic carbocycles. The zero-order chi connectivity index (χ0) is 13.1. The lowest BCUT2D eigenvalue weighted by molar-refractivity contribution is 0.112. The highest BCUT2D eigenvalue weighted by atomic mass is 16.1.